The second kappa shape index (κ2) is 6.78. The van der Waals surface area contributed by atoms with Gasteiger partial charge in [0.2, 0.25) is 0 Å². The van der Waals surface area contributed by atoms with Crippen LogP contribution >= 0.6 is 0 Å². The Bertz CT molecular complexity index is 337. The maximum atomic E-state index is 12.3. The minimum Gasteiger partial charge on any atom is -0.377 e. The molecular formula is C10H23N3O4S. The fourth-order valence-corrected chi connectivity index (χ4v) is 3.40. The summed E-state index contributed by atoms with van der Waals surface area (Å²) in [7, 11) is 1.24. The maximum absolute atomic E-state index is 12.3. The summed E-state index contributed by atoms with van der Waals surface area (Å²) in [6.07, 6.45) is 0.214. The monoisotopic (exact) mass is 281 g/mol. The second-order valence-electron chi connectivity index (χ2n) is 4.34. The Morgan fingerprint density at radius 3 is 2.17 bits per heavy atom. The van der Waals surface area contributed by atoms with Crippen molar-refractivity contribution in [3.63, 3.8) is 0 Å². The first-order valence-electron chi connectivity index (χ1n) is 5.94. The molecule has 1 aliphatic rings. The van der Waals surface area contributed by atoms with E-state index in [1.54, 1.807) is 21.3 Å². The number of methoxy groups -OCH3 is 2. The molecule has 1 rings (SSSR count). The molecule has 18 heavy (non-hydrogen) atoms. The SMILES string of the molecule is COC1CN(S(=O)(=O)N(C)CCCN)CC1OC. The third-order valence-corrected chi connectivity index (χ3v) is 5.11. The van der Waals surface area contributed by atoms with Gasteiger partial charge < -0.3 is 15.2 Å². The highest BCUT2D eigenvalue weighted by molar-refractivity contribution is 7.86. The average molecular weight is 281 g/mol. The number of rotatable bonds is 7. The summed E-state index contributed by atoms with van der Waals surface area (Å²) in [5.74, 6) is 0. The average Bonchev–Trinajstić information content (AvgIpc) is 2.79. The van der Waals surface area contributed by atoms with Gasteiger partial charge >= 0.3 is 0 Å². The van der Waals surface area contributed by atoms with Gasteiger partial charge in [0.05, 0.1) is 12.2 Å². The van der Waals surface area contributed by atoms with Crippen LogP contribution in [0.1, 0.15) is 6.42 Å². The fourth-order valence-electron chi connectivity index (χ4n) is 1.98. The standard InChI is InChI=1S/C10H23N3O4S/c1-12(6-4-5-11)18(14,15)13-7-9(16-2)10(8-13)17-3/h9-10H,4-8,11H2,1-3H3. The molecule has 7 nitrogen and oxygen atoms in total. The summed E-state index contributed by atoms with van der Waals surface area (Å²) >= 11 is 0. The predicted octanol–water partition coefficient (Wildman–Crippen LogP) is -1.14. The lowest BCUT2D eigenvalue weighted by molar-refractivity contribution is -0.00461. The molecule has 0 radical (unpaired) electrons. The van der Waals surface area contributed by atoms with Crippen molar-refractivity contribution in [2.75, 3.05) is 47.4 Å². The van der Waals surface area contributed by atoms with Crippen molar-refractivity contribution in [3.05, 3.63) is 0 Å². The molecule has 0 bridgehead atoms. The zero-order chi connectivity index (χ0) is 13.8. The fraction of sp³-hybridized carbons (Fsp3) is 1.00. The third kappa shape index (κ3) is 3.40. The van der Waals surface area contributed by atoms with Gasteiger partial charge in [0.15, 0.2) is 0 Å². The van der Waals surface area contributed by atoms with Crippen molar-refractivity contribution in [3.8, 4) is 0 Å². The molecule has 0 aliphatic carbocycles. The van der Waals surface area contributed by atoms with E-state index in [4.69, 9.17) is 15.2 Å². The topological polar surface area (TPSA) is 85.1 Å². The van der Waals surface area contributed by atoms with Crippen molar-refractivity contribution in [1.82, 2.24) is 8.61 Å². The summed E-state index contributed by atoms with van der Waals surface area (Å²) in [6, 6.07) is 0. The van der Waals surface area contributed by atoms with E-state index >= 15 is 0 Å². The van der Waals surface area contributed by atoms with Gasteiger partial charge in [0, 0.05) is 40.9 Å². The molecule has 0 aromatic rings. The van der Waals surface area contributed by atoms with Gasteiger partial charge in [-0.05, 0) is 13.0 Å². The summed E-state index contributed by atoms with van der Waals surface area (Å²) in [4.78, 5) is 0. The Kier molecular flexibility index (Phi) is 5.96. The smallest absolute Gasteiger partial charge is 0.281 e. The molecule has 1 heterocycles. The minimum absolute atomic E-state index is 0.215. The summed E-state index contributed by atoms with van der Waals surface area (Å²) in [5, 5.41) is 0. The van der Waals surface area contributed by atoms with Crippen LogP contribution in [0.4, 0.5) is 0 Å². The first kappa shape index (κ1) is 15.8. The summed E-state index contributed by atoms with van der Waals surface area (Å²) in [5.41, 5.74) is 5.39. The van der Waals surface area contributed by atoms with Crippen molar-refractivity contribution in [1.29, 1.82) is 0 Å². The molecule has 0 aromatic carbocycles. The van der Waals surface area contributed by atoms with E-state index in [2.05, 4.69) is 0 Å². The molecule has 1 aliphatic heterocycles. The highest BCUT2D eigenvalue weighted by Gasteiger charge is 2.40. The van der Waals surface area contributed by atoms with Crippen LogP contribution in [0.25, 0.3) is 0 Å². The lowest BCUT2D eigenvalue weighted by atomic mass is 10.3. The zero-order valence-electron chi connectivity index (χ0n) is 11.2. The van der Waals surface area contributed by atoms with Crippen LogP contribution in [0.15, 0.2) is 0 Å². The van der Waals surface area contributed by atoms with E-state index in [1.807, 2.05) is 0 Å². The molecule has 0 spiro atoms. The molecule has 8 heteroatoms. The van der Waals surface area contributed by atoms with Crippen LogP contribution in [0, 0.1) is 0 Å². The van der Waals surface area contributed by atoms with E-state index in [0.29, 0.717) is 32.6 Å². The second-order valence-corrected chi connectivity index (χ2v) is 6.37. The Hall–Kier alpha value is -0.250. The van der Waals surface area contributed by atoms with Gasteiger partial charge in [0.25, 0.3) is 10.2 Å². The first-order valence-corrected chi connectivity index (χ1v) is 7.34. The normalized spacial score (nSPS) is 26.1. The summed E-state index contributed by atoms with van der Waals surface area (Å²) in [6.45, 7) is 1.54. The van der Waals surface area contributed by atoms with E-state index < -0.39 is 10.2 Å². The molecular weight excluding hydrogens is 258 g/mol. The number of hydrogen-bond donors (Lipinski definition) is 1. The van der Waals surface area contributed by atoms with Crippen LogP contribution in [-0.4, -0.2) is 76.7 Å². The maximum Gasteiger partial charge on any atom is 0.281 e. The Balaban J connectivity index is 2.69. The van der Waals surface area contributed by atoms with Gasteiger partial charge in [-0.1, -0.05) is 0 Å². The molecule has 0 aromatic heterocycles. The lowest BCUT2D eigenvalue weighted by Crippen LogP contribution is -2.42. The van der Waals surface area contributed by atoms with Crippen LogP contribution in [-0.2, 0) is 19.7 Å². The number of nitrogens with two attached hydrogens (primary N) is 1. The molecule has 108 valence electrons. The minimum atomic E-state index is -3.45. The van der Waals surface area contributed by atoms with Gasteiger partial charge in [-0.3, -0.25) is 0 Å². The van der Waals surface area contributed by atoms with Gasteiger partial charge in [-0.2, -0.15) is 17.0 Å². The number of nitrogens with zero attached hydrogens (tertiary/aromatic N) is 2. The van der Waals surface area contributed by atoms with Crippen molar-refractivity contribution in [2.45, 2.75) is 18.6 Å². The zero-order valence-corrected chi connectivity index (χ0v) is 12.0. The van der Waals surface area contributed by atoms with E-state index in [-0.39, 0.29) is 12.2 Å². The molecule has 1 fully saturated rings. The van der Waals surface area contributed by atoms with Crippen molar-refractivity contribution < 1.29 is 17.9 Å². The molecule has 0 saturated carbocycles. The Labute approximate surface area is 109 Å². The van der Waals surface area contributed by atoms with E-state index in [0.717, 1.165) is 0 Å². The van der Waals surface area contributed by atoms with E-state index in [1.165, 1.54) is 8.61 Å². The van der Waals surface area contributed by atoms with Crippen LogP contribution in [0.2, 0.25) is 0 Å². The van der Waals surface area contributed by atoms with Crippen LogP contribution < -0.4 is 5.73 Å². The number of ether oxygens (including phenoxy) is 2. The summed E-state index contributed by atoms with van der Waals surface area (Å²) < 4.78 is 37.7. The highest BCUT2D eigenvalue weighted by Crippen LogP contribution is 2.20. The third-order valence-electron chi connectivity index (χ3n) is 3.18. The molecule has 1 saturated heterocycles. The van der Waals surface area contributed by atoms with Gasteiger partial charge in [-0.25, -0.2) is 0 Å². The molecule has 2 atom stereocenters. The quantitative estimate of drug-likeness (QED) is 0.637. The van der Waals surface area contributed by atoms with E-state index in [9.17, 15) is 8.42 Å². The predicted molar refractivity (Wildman–Crippen MR) is 68.4 cm³/mol. The van der Waals surface area contributed by atoms with Gasteiger partial charge in [0.1, 0.15) is 0 Å². The van der Waals surface area contributed by atoms with Gasteiger partial charge in [-0.15, -0.1) is 0 Å². The van der Waals surface area contributed by atoms with Crippen molar-refractivity contribution >= 4 is 10.2 Å². The lowest BCUT2D eigenvalue weighted by Gasteiger charge is -2.23. The molecule has 2 N–H and O–H groups in total. The molecule has 2 unspecified atom stereocenters. The van der Waals surface area contributed by atoms with Crippen LogP contribution in [0.5, 0.6) is 0 Å². The van der Waals surface area contributed by atoms with Crippen molar-refractivity contribution in [2.24, 2.45) is 5.73 Å². The van der Waals surface area contributed by atoms with Crippen LogP contribution in [0.3, 0.4) is 0 Å². The first-order chi connectivity index (χ1) is 8.47. The highest BCUT2D eigenvalue weighted by atomic mass is 32.2. The largest absolute Gasteiger partial charge is 0.377 e. The molecule has 0 amide bonds. The Morgan fingerprint density at radius 1 is 1.28 bits per heavy atom. The number of hydrogen-bond acceptors (Lipinski definition) is 5. The Morgan fingerprint density at radius 2 is 1.78 bits per heavy atom.